The Kier molecular flexibility index (Phi) is 2.73. The molecule has 18 heavy (non-hydrogen) atoms. The van der Waals surface area contributed by atoms with Crippen LogP contribution in [-0.2, 0) is 0 Å². The van der Waals surface area contributed by atoms with Gasteiger partial charge in [0, 0.05) is 10.6 Å². The summed E-state index contributed by atoms with van der Waals surface area (Å²) in [5.41, 5.74) is 4.83. The number of rotatable bonds is 1. The fourth-order valence-electron chi connectivity index (χ4n) is 1.91. The second-order valence-corrected chi connectivity index (χ2v) is 4.69. The molecule has 0 bridgehead atoms. The summed E-state index contributed by atoms with van der Waals surface area (Å²) in [7, 11) is 0. The summed E-state index contributed by atoms with van der Waals surface area (Å²) in [4.78, 5) is 9.05. The standard InChI is InChI=1S/C15H11ClN2/c1-10-5-6-13-14(7-10)17-9-15(18-13)11-3-2-4-12(16)8-11/h2-9H,1H3. The monoisotopic (exact) mass is 254 g/mol. The van der Waals surface area contributed by atoms with Crippen LogP contribution in [0, 0.1) is 6.92 Å². The van der Waals surface area contributed by atoms with Crippen LogP contribution < -0.4 is 0 Å². The molecule has 0 amide bonds. The molecule has 1 aromatic heterocycles. The molecule has 2 aromatic carbocycles. The zero-order valence-corrected chi connectivity index (χ0v) is 10.6. The van der Waals surface area contributed by atoms with Crippen molar-refractivity contribution in [1.29, 1.82) is 0 Å². The highest BCUT2D eigenvalue weighted by Gasteiger charge is 2.03. The molecule has 0 aliphatic carbocycles. The van der Waals surface area contributed by atoms with Gasteiger partial charge in [0.1, 0.15) is 0 Å². The second-order valence-electron chi connectivity index (χ2n) is 4.26. The van der Waals surface area contributed by atoms with Crippen LogP contribution in [0.25, 0.3) is 22.3 Å². The molecule has 3 heteroatoms. The maximum atomic E-state index is 5.99. The van der Waals surface area contributed by atoms with E-state index in [1.165, 1.54) is 5.56 Å². The first-order valence-corrected chi connectivity index (χ1v) is 6.09. The van der Waals surface area contributed by atoms with Crippen molar-refractivity contribution in [3.05, 3.63) is 59.2 Å². The van der Waals surface area contributed by atoms with Gasteiger partial charge in [0.25, 0.3) is 0 Å². The van der Waals surface area contributed by atoms with Crippen molar-refractivity contribution in [2.24, 2.45) is 0 Å². The smallest absolute Gasteiger partial charge is 0.0894 e. The quantitative estimate of drug-likeness (QED) is 0.648. The van der Waals surface area contributed by atoms with Gasteiger partial charge in [0.2, 0.25) is 0 Å². The molecule has 1 heterocycles. The van der Waals surface area contributed by atoms with Crippen molar-refractivity contribution in [3.8, 4) is 11.3 Å². The van der Waals surface area contributed by atoms with Gasteiger partial charge in [0.05, 0.1) is 22.9 Å². The molecule has 0 spiro atoms. The lowest BCUT2D eigenvalue weighted by Crippen LogP contribution is -1.89. The van der Waals surface area contributed by atoms with Crippen LogP contribution in [0.15, 0.2) is 48.7 Å². The van der Waals surface area contributed by atoms with Gasteiger partial charge in [-0.1, -0.05) is 29.8 Å². The molecule has 0 atom stereocenters. The predicted molar refractivity (Wildman–Crippen MR) is 74.7 cm³/mol. The lowest BCUT2D eigenvalue weighted by molar-refractivity contribution is 1.28. The van der Waals surface area contributed by atoms with Gasteiger partial charge in [0.15, 0.2) is 0 Å². The second kappa shape index (κ2) is 4.39. The number of aromatic nitrogens is 2. The third kappa shape index (κ3) is 2.07. The van der Waals surface area contributed by atoms with Crippen LogP contribution in [-0.4, -0.2) is 9.97 Å². The molecule has 0 fully saturated rings. The van der Waals surface area contributed by atoms with E-state index in [1.807, 2.05) is 49.4 Å². The van der Waals surface area contributed by atoms with E-state index in [2.05, 4.69) is 9.97 Å². The SMILES string of the molecule is Cc1ccc2nc(-c3cccc(Cl)c3)cnc2c1. The fourth-order valence-corrected chi connectivity index (χ4v) is 2.10. The number of benzene rings is 2. The number of aryl methyl sites for hydroxylation is 1. The highest BCUT2D eigenvalue weighted by molar-refractivity contribution is 6.30. The van der Waals surface area contributed by atoms with Gasteiger partial charge in [-0.15, -0.1) is 0 Å². The third-order valence-electron chi connectivity index (χ3n) is 2.82. The van der Waals surface area contributed by atoms with E-state index in [4.69, 9.17) is 11.6 Å². The number of halogens is 1. The molecule has 0 saturated heterocycles. The van der Waals surface area contributed by atoms with Crippen LogP contribution in [0.5, 0.6) is 0 Å². The van der Waals surface area contributed by atoms with Crippen LogP contribution in [0.1, 0.15) is 5.56 Å². The molecule has 0 radical (unpaired) electrons. The molecule has 0 unspecified atom stereocenters. The molecule has 0 saturated carbocycles. The van der Waals surface area contributed by atoms with Crippen molar-refractivity contribution in [2.75, 3.05) is 0 Å². The number of nitrogens with zero attached hydrogens (tertiary/aromatic N) is 2. The van der Waals surface area contributed by atoms with E-state index in [-0.39, 0.29) is 0 Å². The minimum absolute atomic E-state index is 0.707. The fraction of sp³-hybridized carbons (Fsp3) is 0.0667. The Balaban J connectivity index is 2.16. The summed E-state index contributed by atoms with van der Waals surface area (Å²) >= 11 is 5.99. The molecule has 0 aliphatic rings. The first-order valence-electron chi connectivity index (χ1n) is 5.72. The lowest BCUT2D eigenvalue weighted by Gasteiger charge is -2.03. The highest BCUT2D eigenvalue weighted by atomic mass is 35.5. The zero-order chi connectivity index (χ0) is 12.5. The summed E-state index contributed by atoms with van der Waals surface area (Å²) in [6, 6.07) is 13.7. The zero-order valence-electron chi connectivity index (χ0n) is 9.89. The maximum absolute atomic E-state index is 5.99. The Hall–Kier alpha value is -1.93. The number of hydrogen-bond donors (Lipinski definition) is 0. The van der Waals surface area contributed by atoms with E-state index >= 15 is 0 Å². The summed E-state index contributed by atoms with van der Waals surface area (Å²) in [5.74, 6) is 0. The minimum atomic E-state index is 0.707. The van der Waals surface area contributed by atoms with Crippen molar-refractivity contribution in [3.63, 3.8) is 0 Å². The summed E-state index contributed by atoms with van der Waals surface area (Å²) in [5, 5.41) is 0.707. The van der Waals surface area contributed by atoms with Gasteiger partial charge in [-0.05, 0) is 36.8 Å². The van der Waals surface area contributed by atoms with E-state index in [0.29, 0.717) is 5.02 Å². The average Bonchev–Trinajstić information content (AvgIpc) is 2.38. The van der Waals surface area contributed by atoms with E-state index in [9.17, 15) is 0 Å². The molecule has 0 N–H and O–H groups in total. The molecule has 3 aromatic rings. The Morgan fingerprint density at radius 1 is 1.00 bits per heavy atom. The van der Waals surface area contributed by atoms with E-state index in [0.717, 1.165) is 22.3 Å². The first kappa shape index (κ1) is 11.2. The van der Waals surface area contributed by atoms with Crippen molar-refractivity contribution < 1.29 is 0 Å². The molecular weight excluding hydrogens is 244 g/mol. The van der Waals surface area contributed by atoms with E-state index in [1.54, 1.807) is 6.20 Å². The third-order valence-corrected chi connectivity index (χ3v) is 3.05. The number of hydrogen-bond acceptors (Lipinski definition) is 2. The van der Waals surface area contributed by atoms with Crippen LogP contribution in [0.2, 0.25) is 5.02 Å². The van der Waals surface area contributed by atoms with Crippen LogP contribution in [0.3, 0.4) is 0 Å². The summed E-state index contributed by atoms with van der Waals surface area (Å²) < 4.78 is 0. The van der Waals surface area contributed by atoms with Crippen molar-refractivity contribution >= 4 is 22.6 Å². The van der Waals surface area contributed by atoms with Gasteiger partial charge in [-0.25, -0.2) is 4.98 Å². The minimum Gasteiger partial charge on any atom is -0.252 e. The normalized spacial score (nSPS) is 10.8. The lowest BCUT2D eigenvalue weighted by atomic mass is 10.1. The Bertz CT molecular complexity index is 723. The summed E-state index contributed by atoms with van der Waals surface area (Å²) in [6.45, 7) is 2.05. The summed E-state index contributed by atoms with van der Waals surface area (Å²) in [6.07, 6.45) is 1.79. The van der Waals surface area contributed by atoms with Gasteiger partial charge in [-0.2, -0.15) is 0 Å². The van der Waals surface area contributed by atoms with Gasteiger partial charge >= 0.3 is 0 Å². The van der Waals surface area contributed by atoms with Gasteiger partial charge in [-0.3, -0.25) is 4.98 Å². The van der Waals surface area contributed by atoms with Crippen LogP contribution >= 0.6 is 11.6 Å². The average molecular weight is 255 g/mol. The molecule has 0 aliphatic heterocycles. The largest absolute Gasteiger partial charge is 0.252 e. The first-order chi connectivity index (χ1) is 8.72. The maximum Gasteiger partial charge on any atom is 0.0894 e. The van der Waals surface area contributed by atoms with E-state index < -0.39 is 0 Å². The topological polar surface area (TPSA) is 25.8 Å². The molecule has 3 rings (SSSR count). The Morgan fingerprint density at radius 3 is 2.72 bits per heavy atom. The van der Waals surface area contributed by atoms with Crippen molar-refractivity contribution in [2.45, 2.75) is 6.92 Å². The predicted octanol–water partition coefficient (Wildman–Crippen LogP) is 4.26. The molecule has 2 nitrogen and oxygen atoms in total. The van der Waals surface area contributed by atoms with Gasteiger partial charge < -0.3 is 0 Å². The Labute approximate surface area is 110 Å². The Morgan fingerprint density at radius 2 is 1.89 bits per heavy atom. The highest BCUT2D eigenvalue weighted by Crippen LogP contribution is 2.22. The van der Waals surface area contributed by atoms with Crippen LogP contribution in [0.4, 0.5) is 0 Å². The molecular formula is C15H11ClN2. The van der Waals surface area contributed by atoms with Crippen molar-refractivity contribution in [1.82, 2.24) is 9.97 Å². The number of fused-ring (bicyclic) bond motifs is 1. The molecule has 88 valence electrons.